The molecule has 7 atom stereocenters. The van der Waals surface area contributed by atoms with Gasteiger partial charge >= 0.3 is 5.97 Å². The van der Waals surface area contributed by atoms with Gasteiger partial charge in [0.1, 0.15) is 11.6 Å². The van der Waals surface area contributed by atoms with Crippen LogP contribution in [0, 0.1) is 47.2 Å². The number of hydrogen-bond acceptors (Lipinski definition) is 5. The van der Waals surface area contributed by atoms with E-state index in [1.54, 1.807) is 18.2 Å². The quantitative estimate of drug-likeness (QED) is 0.287. The highest BCUT2D eigenvalue weighted by Crippen LogP contribution is 2.65. The molecule has 0 spiro atoms. The van der Waals surface area contributed by atoms with Crippen molar-refractivity contribution in [2.24, 2.45) is 41.4 Å². The van der Waals surface area contributed by atoms with Crippen LogP contribution in [0.2, 0.25) is 0 Å². The molecule has 36 heavy (non-hydrogen) atoms. The molecule has 2 aliphatic heterocycles. The standard InChI is InChI=1S/C28H23FN2O5/c29-15-4-6-16(7-5-15)30-13-14(10-23(30)32)28(35)36-18-3-1-2-17(11-18)31-26(33)24-19-8-9-20(22-12-21(19)22)25(24)27(31)34/h1-9,11,14,19-22,24-25H,10,12-13H2/t14-,19+,20+,21-,22+,24-,25+/m1/s1. The molecule has 0 aromatic heterocycles. The second-order valence-electron chi connectivity index (χ2n) is 10.5. The Morgan fingerprint density at radius 1 is 0.889 bits per heavy atom. The average Bonchev–Trinajstić information content (AvgIpc) is 3.55. The zero-order chi connectivity index (χ0) is 24.7. The SMILES string of the molecule is O=C(Oc1cccc(N2C(=O)[C@@H]3[C@H]4C=C[C@@H]([C@@H]5C[C@H]45)[C@@H]3C2=O)c1)[C@@H]1CC(=O)N(c2ccc(F)cc2)C1. The lowest BCUT2D eigenvalue weighted by Crippen LogP contribution is -2.40. The molecule has 3 amide bonds. The monoisotopic (exact) mass is 486 g/mol. The van der Waals surface area contributed by atoms with Crippen molar-refractivity contribution in [3.63, 3.8) is 0 Å². The number of esters is 1. The smallest absolute Gasteiger partial charge is 0.316 e. The van der Waals surface area contributed by atoms with E-state index in [9.17, 15) is 23.6 Å². The van der Waals surface area contributed by atoms with E-state index in [0.717, 1.165) is 6.42 Å². The molecule has 2 saturated carbocycles. The third kappa shape index (κ3) is 3.09. The van der Waals surface area contributed by atoms with Gasteiger partial charge < -0.3 is 9.64 Å². The van der Waals surface area contributed by atoms with E-state index < -0.39 is 17.7 Å². The van der Waals surface area contributed by atoms with Gasteiger partial charge in [0.25, 0.3) is 0 Å². The van der Waals surface area contributed by atoms with E-state index in [1.165, 1.54) is 40.1 Å². The summed E-state index contributed by atoms with van der Waals surface area (Å²) in [6.45, 7) is 0.132. The Morgan fingerprint density at radius 2 is 1.56 bits per heavy atom. The Kier molecular flexibility index (Phi) is 4.53. The third-order valence-electron chi connectivity index (χ3n) is 8.55. The summed E-state index contributed by atoms with van der Waals surface area (Å²) in [6.07, 6.45) is 5.35. The van der Waals surface area contributed by atoms with Gasteiger partial charge in [-0.25, -0.2) is 9.29 Å². The maximum absolute atomic E-state index is 13.4. The van der Waals surface area contributed by atoms with Gasteiger partial charge in [-0.2, -0.15) is 0 Å². The molecular weight excluding hydrogens is 463 g/mol. The molecule has 4 aliphatic carbocycles. The molecule has 4 fully saturated rings. The molecule has 8 heteroatoms. The van der Waals surface area contributed by atoms with Gasteiger partial charge in [-0.15, -0.1) is 0 Å². The summed E-state index contributed by atoms with van der Waals surface area (Å²) in [5, 5.41) is 0. The summed E-state index contributed by atoms with van der Waals surface area (Å²) in [5.74, 6) is -1.32. The molecule has 8 rings (SSSR count). The van der Waals surface area contributed by atoms with E-state index in [1.807, 2.05) is 0 Å². The molecule has 7 nitrogen and oxygen atoms in total. The van der Waals surface area contributed by atoms with Crippen molar-refractivity contribution in [1.82, 2.24) is 0 Å². The molecule has 2 saturated heterocycles. The Morgan fingerprint density at radius 3 is 2.22 bits per heavy atom. The fourth-order valence-electron chi connectivity index (χ4n) is 6.83. The Hall–Kier alpha value is -3.81. The highest BCUT2D eigenvalue weighted by molar-refractivity contribution is 6.22. The fourth-order valence-corrected chi connectivity index (χ4v) is 6.83. The Balaban J connectivity index is 1.07. The first-order valence-corrected chi connectivity index (χ1v) is 12.3. The van der Waals surface area contributed by atoms with Gasteiger partial charge in [-0.05, 0) is 66.5 Å². The zero-order valence-electron chi connectivity index (χ0n) is 19.2. The molecule has 0 unspecified atom stereocenters. The van der Waals surface area contributed by atoms with Crippen LogP contribution in [0.15, 0.2) is 60.7 Å². The highest BCUT2D eigenvalue weighted by atomic mass is 19.1. The predicted molar refractivity (Wildman–Crippen MR) is 126 cm³/mol. The number of benzene rings is 2. The van der Waals surface area contributed by atoms with Gasteiger partial charge in [-0.1, -0.05) is 18.2 Å². The Labute approximate surface area is 206 Å². The number of carbonyl (C=O) groups is 4. The molecule has 182 valence electrons. The number of rotatable bonds is 4. The number of hydrogen-bond donors (Lipinski definition) is 0. The lowest BCUT2D eigenvalue weighted by Gasteiger charge is -2.37. The minimum absolute atomic E-state index is 0.0134. The molecule has 2 bridgehead atoms. The predicted octanol–water partition coefficient (Wildman–Crippen LogP) is 3.34. The minimum Gasteiger partial charge on any atom is -0.426 e. The normalized spacial score (nSPS) is 33.7. The van der Waals surface area contributed by atoms with Gasteiger partial charge in [-0.3, -0.25) is 19.2 Å². The molecule has 2 aromatic rings. The summed E-state index contributed by atoms with van der Waals surface area (Å²) in [7, 11) is 0. The van der Waals surface area contributed by atoms with Crippen LogP contribution in [0.3, 0.4) is 0 Å². The highest BCUT2D eigenvalue weighted by Gasteiger charge is 2.67. The molecule has 0 radical (unpaired) electrons. The van der Waals surface area contributed by atoms with Crippen molar-refractivity contribution in [3.05, 3.63) is 66.5 Å². The van der Waals surface area contributed by atoms with Crippen LogP contribution in [0.25, 0.3) is 0 Å². The van der Waals surface area contributed by atoms with Gasteiger partial charge in [0.2, 0.25) is 17.7 Å². The number of imide groups is 1. The molecule has 2 heterocycles. The second kappa shape index (κ2) is 7.59. The first-order valence-electron chi connectivity index (χ1n) is 12.3. The van der Waals surface area contributed by atoms with E-state index in [2.05, 4.69) is 12.2 Å². The van der Waals surface area contributed by atoms with Crippen LogP contribution >= 0.6 is 0 Å². The van der Waals surface area contributed by atoms with Crippen LogP contribution in [0.5, 0.6) is 5.75 Å². The van der Waals surface area contributed by atoms with Gasteiger partial charge in [0.15, 0.2) is 0 Å². The minimum atomic E-state index is -0.683. The van der Waals surface area contributed by atoms with E-state index in [-0.39, 0.29) is 60.1 Å². The zero-order valence-corrected chi connectivity index (χ0v) is 19.2. The lowest BCUT2D eigenvalue weighted by molar-refractivity contribution is -0.139. The van der Waals surface area contributed by atoms with E-state index in [4.69, 9.17) is 4.74 Å². The van der Waals surface area contributed by atoms with Crippen molar-refractivity contribution in [2.75, 3.05) is 16.3 Å². The average molecular weight is 486 g/mol. The van der Waals surface area contributed by atoms with Gasteiger partial charge in [0, 0.05) is 24.7 Å². The maximum atomic E-state index is 13.4. The number of allylic oxidation sites excluding steroid dienone is 2. The summed E-state index contributed by atoms with van der Waals surface area (Å²) in [6, 6.07) is 12.0. The van der Waals surface area contributed by atoms with Crippen LogP contribution in [0.1, 0.15) is 12.8 Å². The molecule has 2 aromatic carbocycles. The summed E-state index contributed by atoms with van der Waals surface area (Å²) >= 11 is 0. The third-order valence-corrected chi connectivity index (χ3v) is 8.55. The number of amides is 3. The van der Waals surface area contributed by atoms with Crippen LogP contribution in [-0.2, 0) is 19.2 Å². The fraction of sp³-hybridized carbons (Fsp3) is 0.357. The molecule has 0 N–H and O–H groups in total. The van der Waals surface area contributed by atoms with E-state index >= 15 is 0 Å². The number of halogens is 1. The summed E-state index contributed by atoms with van der Waals surface area (Å²) < 4.78 is 18.8. The summed E-state index contributed by atoms with van der Waals surface area (Å²) in [4.78, 5) is 54.8. The van der Waals surface area contributed by atoms with Crippen molar-refractivity contribution < 1.29 is 28.3 Å². The van der Waals surface area contributed by atoms with Crippen LogP contribution in [-0.4, -0.2) is 30.2 Å². The largest absolute Gasteiger partial charge is 0.426 e. The van der Waals surface area contributed by atoms with Crippen LogP contribution in [0.4, 0.5) is 15.8 Å². The van der Waals surface area contributed by atoms with Crippen molar-refractivity contribution in [3.8, 4) is 5.75 Å². The van der Waals surface area contributed by atoms with Crippen molar-refractivity contribution >= 4 is 35.1 Å². The van der Waals surface area contributed by atoms with Crippen molar-refractivity contribution in [1.29, 1.82) is 0 Å². The first kappa shape index (κ1) is 21.5. The number of ether oxygens (including phenoxy) is 1. The molecule has 6 aliphatic rings. The number of carbonyl (C=O) groups excluding carboxylic acids is 4. The van der Waals surface area contributed by atoms with E-state index in [0.29, 0.717) is 23.2 Å². The second-order valence-corrected chi connectivity index (χ2v) is 10.5. The van der Waals surface area contributed by atoms with Gasteiger partial charge in [0.05, 0.1) is 23.4 Å². The summed E-state index contributed by atoms with van der Waals surface area (Å²) in [5.41, 5.74) is 0.917. The van der Waals surface area contributed by atoms with Crippen LogP contribution < -0.4 is 14.5 Å². The Bertz CT molecular complexity index is 1320. The number of anilines is 2. The maximum Gasteiger partial charge on any atom is 0.316 e. The number of nitrogens with zero attached hydrogens (tertiary/aromatic N) is 2. The molecular formula is C28H23FN2O5. The first-order chi connectivity index (χ1) is 17.4. The topological polar surface area (TPSA) is 84.0 Å². The van der Waals surface area contributed by atoms with Crippen molar-refractivity contribution in [2.45, 2.75) is 12.8 Å². The lowest BCUT2D eigenvalue weighted by atomic mass is 9.63.